The largest absolute Gasteiger partial charge is 0.363 e. The third-order valence-corrected chi connectivity index (χ3v) is 1.82. The average Bonchev–Trinajstić information content (AvgIpc) is 2.29. The number of anilines is 1. The standard InChI is InChI=1S/C10H12N2O4/c1-7(9(13)16-15)11-10(14)12-8-5-3-2-4-6-8/h2-7,15H,1H3,(H2,11,12,14). The van der Waals surface area contributed by atoms with Gasteiger partial charge in [-0.05, 0) is 19.1 Å². The molecule has 0 spiro atoms. The second-order valence-electron chi connectivity index (χ2n) is 3.10. The van der Waals surface area contributed by atoms with Gasteiger partial charge in [0.25, 0.3) is 0 Å². The maximum absolute atomic E-state index is 11.3. The van der Waals surface area contributed by atoms with Crippen molar-refractivity contribution < 1.29 is 19.7 Å². The van der Waals surface area contributed by atoms with E-state index in [1.807, 2.05) is 6.07 Å². The molecule has 3 N–H and O–H groups in total. The molecule has 0 aliphatic carbocycles. The Morgan fingerprint density at radius 3 is 2.50 bits per heavy atom. The number of para-hydroxylation sites is 1. The van der Waals surface area contributed by atoms with Crippen molar-refractivity contribution in [3.8, 4) is 0 Å². The van der Waals surface area contributed by atoms with Gasteiger partial charge in [-0.1, -0.05) is 18.2 Å². The maximum atomic E-state index is 11.3. The van der Waals surface area contributed by atoms with Crippen molar-refractivity contribution in [2.75, 3.05) is 5.32 Å². The number of nitrogens with one attached hydrogen (secondary N) is 2. The molecule has 0 saturated carbocycles. The lowest BCUT2D eigenvalue weighted by Crippen LogP contribution is -2.41. The molecule has 6 nitrogen and oxygen atoms in total. The Labute approximate surface area is 92.2 Å². The molecule has 16 heavy (non-hydrogen) atoms. The quantitative estimate of drug-likeness (QED) is 0.532. The van der Waals surface area contributed by atoms with E-state index in [0.29, 0.717) is 5.69 Å². The van der Waals surface area contributed by atoms with E-state index in [2.05, 4.69) is 15.5 Å². The van der Waals surface area contributed by atoms with Crippen LogP contribution in [0.5, 0.6) is 0 Å². The van der Waals surface area contributed by atoms with Crippen LogP contribution in [0.15, 0.2) is 30.3 Å². The normalized spacial score (nSPS) is 11.4. The number of carbonyl (C=O) groups is 2. The number of rotatable bonds is 3. The van der Waals surface area contributed by atoms with E-state index in [1.165, 1.54) is 6.92 Å². The molecule has 1 aromatic rings. The second kappa shape index (κ2) is 5.72. The van der Waals surface area contributed by atoms with Crippen molar-refractivity contribution in [1.29, 1.82) is 0 Å². The van der Waals surface area contributed by atoms with Crippen LogP contribution in [0.1, 0.15) is 6.92 Å². The molecule has 0 fully saturated rings. The minimum atomic E-state index is -0.928. The van der Waals surface area contributed by atoms with Crippen LogP contribution in [0.3, 0.4) is 0 Å². The second-order valence-corrected chi connectivity index (χ2v) is 3.10. The van der Waals surface area contributed by atoms with Gasteiger partial charge in [0.1, 0.15) is 6.04 Å². The number of hydrogen-bond donors (Lipinski definition) is 3. The lowest BCUT2D eigenvalue weighted by atomic mass is 10.3. The first-order valence-corrected chi connectivity index (χ1v) is 4.61. The van der Waals surface area contributed by atoms with Crippen molar-refractivity contribution in [3.05, 3.63) is 30.3 Å². The molecule has 1 rings (SSSR count). The van der Waals surface area contributed by atoms with Crippen LogP contribution in [0, 0.1) is 0 Å². The van der Waals surface area contributed by atoms with E-state index in [9.17, 15) is 9.59 Å². The smallest absolute Gasteiger partial charge is 0.324 e. The van der Waals surface area contributed by atoms with Gasteiger partial charge in [0.15, 0.2) is 0 Å². The van der Waals surface area contributed by atoms with Crippen molar-refractivity contribution in [2.24, 2.45) is 0 Å². The van der Waals surface area contributed by atoms with Crippen molar-refractivity contribution in [1.82, 2.24) is 5.32 Å². The van der Waals surface area contributed by atoms with Gasteiger partial charge >= 0.3 is 12.0 Å². The summed E-state index contributed by atoms with van der Waals surface area (Å²) in [6, 6.07) is 7.28. The van der Waals surface area contributed by atoms with Gasteiger partial charge in [0.05, 0.1) is 0 Å². The molecule has 0 radical (unpaired) electrons. The van der Waals surface area contributed by atoms with Crippen LogP contribution in [-0.2, 0) is 9.68 Å². The maximum Gasteiger partial charge on any atom is 0.363 e. The fourth-order valence-electron chi connectivity index (χ4n) is 1.02. The van der Waals surface area contributed by atoms with E-state index < -0.39 is 18.0 Å². The van der Waals surface area contributed by atoms with E-state index in [4.69, 9.17) is 5.26 Å². The summed E-state index contributed by atoms with van der Waals surface area (Å²) in [6.45, 7) is 1.39. The van der Waals surface area contributed by atoms with Gasteiger partial charge < -0.3 is 10.6 Å². The molecule has 0 heterocycles. The molecule has 0 saturated heterocycles. The van der Waals surface area contributed by atoms with Gasteiger partial charge in [0.2, 0.25) is 0 Å². The number of urea groups is 1. The van der Waals surface area contributed by atoms with E-state index in [-0.39, 0.29) is 0 Å². The lowest BCUT2D eigenvalue weighted by molar-refractivity contribution is -0.235. The highest BCUT2D eigenvalue weighted by Gasteiger charge is 2.16. The summed E-state index contributed by atoms with van der Waals surface area (Å²) < 4.78 is 0. The molecule has 0 aliphatic rings. The lowest BCUT2D eigenvalue weighted by Gasteiger charge is -2.11. The van der Waals surface area contributed by atoms with Gasteiger partial charge in [-0.3, -0.25) is 4.89 Å². The third kappa shape index (κ3) is 3.58. The first kappa shape index (κ1) is 12.0. The van der Waals surface area contributed by atoms with Crippen LogP contribution in [0.25, 0.3) is 0 Å². The molecule has 0 aliphatic heterocycles. The molecule has 6 heteroatoms. The van der Waals surface area contributed by atoms with Crippen LogP contribution in [-0.4, -0.2) is 23.3 Å². The molecule has 86 valence electrons. The summed E-state index contributed by atoms with van der Waals surface area (Å²) in [7, 11) is 0. The van der Waals surface area contributed by atoms with Crippen molar-refractivity contribution in [2.45, 2.75) is 13.0 Å². The molecule has 1 unspecified atom stereocenters. The SMILES string of the molecule is CC(NC(=O)Nc1ccccc1)C(=O)OO. The monoisotopic (exact) mass is 224 g/mol. The highest BCUT2D eigenvalue weighted by Crippen LogP contribution is 2.04. The van der Waals surface area contributed by atoms with Gasteiger partial charge in [-0.2, -0.15) is 5.26 Å². The summed E-state index contributed by atoms with van der Waals surface area (Å²) in [6.07, 6.45) is 0. The zero-order valence-electron chi connectivity index (χ0n) is 8.64. The van der Waals surface area contributed by atoms with Gasteiger partial charge in [0, 0.05) is 5.69 Å². The Bertz CT molecular complexity index is 366. The Hall–Kier alpha value is -2.08. The Morgan fingerprint density at radius 1 is 1.31 bits per heavy atom. The predicted octanol–water partition coefficient (Wildman–Crippen LogP) is 1.21. The first-order chi connectivity index (χ1) is 7.63. The number of benzene rings is 1. The molecule has 0 aromatic heterocycles. The first-order valence-electron chi connectivity index (χ1n) is 4.61. The third-order valence-electron chi connectivity index (χ3n) is 1.82. The minimum absolute atomic E-state index is 0.552. The van der Waals surface area contributed by atoms with E-state index >= 15 is 0 Å². The summed E-state index contributed by atoms with van der Waals surface area (Å²) in [5.74, 6) is -0.928. The fraction of sp³-hybridized carbons (Fsp3) is 0.200. The molecular weight excluding hydrogens is 212 g/mol. The highest BCUT2D eigenvalue weighted by molar-refractivity contribution is 5.92. The van der Waals surface area contributed by atoms with Gasteiger partial charge in [-0.25, -0.2) is 9.59 Å². The molecule has 0 bridgehead atoms. The number of amides is 2. The number of carbonyl (C=O) groups excluding carboxylic acids is 2. The highest BCUT2D eigenvalue weighted by atomic mass is 17.1. The Balaban J connectivity index is 2.45. The number of hydrogen-bond acceptors (Lipinski definition) is 4. The predicted molar refractivity (Wildman–Crippen MR) is 56.8 cm³/mol. The molecular formula is C10H12N2O4. The zero-order chi connectivity index (χ0) is 12.0. The Morgan fingerprint density at radius 2 is 1.94 bits per heavy atom. The zero-order valence-corrected chi connectivity index (χ0v) is 8.64. The summed E-state index contributed by atoms with van der Waals surface area (Å²) in [5.41, 5.74) is 0.601. The van der Waals surface area contributed by atoms with Gasteiger partial charge in [-0.15, -0.1) is 0 Å². The molecule has 1 aromatic carbocycles. The summed E-state index contributed by atoms with van der Waals surface area (Å²) in [5, 5.41) is 12.9. The average molecular weight is 224 g/mol. The Kier molecular flexibility index (Phi) is 4.28. The molecule has 2 amide bonds. The van der Waals surface area contributed by atoms with Crippen molar-refractivity contribution >= 4 is 17.7 Å². The minimum Gasteiger partial charge on any atom is -0.324 e. The summed E-state index contributed by atoms with van der Waals surface area (Å²) >= 11 is 0. The molecule has 1 atom stereocenters. The van der Waals surface area contributed by atoms with E-state index in [1.54, 1.807) is 24.3 Å². The van der Waals surface area contributed by atoms with Crippen LogP contribution < -0.4 is 10.6 Å². The van der Waals surface area contributed by atoms with E-state index in [0.717, 1.165) is 0 Å². The van der Waals surface area contributed by atoms with Crippen LogP contribution in [0.2, 0.25) is 0 Å². The van der Waals surface area contributed by atoms with Crippen LogP contribution >= 0.6 is 0 Å². The van der Waals surface area contributed by atoms with Crippen molar-refractivity contribution in [3.63, 3.8) is 0 Å². The van der Waals surface area contributed by atoms with Crippen LogP contribution in [0.4, 0.5) is 10.5 Å². The fourth-order valence-corrected chi connectivity index (χ4v) is 1.02. The topological polar surface area (TPSA) is 87.7 Å². The summed E-state index contributed by atoms with van der Waals surface area (Å²) in [4.78, 5) is 25.6.